The number of methoxy groups -OCH3 is 1. The number of hydrogen-bond acceptors (Lipinski definition) is 5. The molecule has 8 heteroatoms. The SMILES string of the molecule is COc1ccc2nc(Cl)c(C=NNS(=O)(=O)c3ccc(C)cc3)cc2c1. The van der Waals surface area contributed by atoms with Crippen LogP contribution in [0.1, 0.15) is 11.1 Å². The molecule has 3 rings (SSSR count). The van der Waals surface area contributed by atoms with E-state index in [-0.39, 0.29) is 10.0 Å². The zero-order valence-electron chi connectivity index (χ0n) is 14.1. The number of ether oxygens (including phenoxy) is 1. The Morgan fingerprint density at radius 3 is 2.58 bits per heavy atom. The molecule has 1 aromatic heterocycles. The highest BCUT2D eigenvalue weighted by atomic mass is 35.5. The molecule has 3 aromatic rings. The summed E-state index contributed by atoms with van der Waals surface area (Å²) in [6.07, 6.45) is 1.32. The lowest BCUT2D eigenvalue weighted by Gasteiger charge is -2.05. The monoisotopic (exact) mass is 389 g/mol. The first kappa shape index (κ1) is 18.2. The number of halogens is 1. The Kier molecular flexibility index (Phi) is 5.11. The molecule has 2 aromatic carbocycles. The Balaban J connectivity index is 1.85. The first-order valence-corrected chi connectivity index (χ1v) is 9.51. The summed E-state index contributed by atoms with van der Waals surface area (Å²) in [6.45, 7) is 1.88. The number of sulfonamides is 1. The quantitative estimate of drug-likeness (QED) is 0.411. The third-order valence-corrected chi connectivity index (χ3v) is 5.25. The van der Waals surface area contributed by atoms with Gasteiger partial charge in [-0.1, -0.05) is 29.3 Å². The van der Waals surface area contributed by atoms with Gasteiger partial charge in [-0.25, -0.2) is 9.82 Å². The molecule has 0 unspecified atom stereocenters. The lowest BCUT2D eigenvalue weighted by atomic mass is 10.1. The molecule has 0 aliphatic rings. The van der Waals surface area contributed by atoms with Crippen LogP contribution in [0, 0.1) is 6.92 Å². The van der Waals surface area contributed by atoms with Crippen molar-refractivity contribution < 1.29 is 13.2 Å². The molecule has 0 radical (unpaired) electrons. The van der Waals surface area contributed by atoms with Gasteiger partial charge in [0.15, 0.2) is 0 Å². The topological polar surface area (TPSA) is 80.7 Å². The van der Waals surface area contributed by atoms with Gasteiger partial charge in [0.2, 0.25) is 0 Å². The third-order valence-electron chi connectivity index (χ3n) is 3.71. The molecular formula is C18H16ClN3O3S. The lowest BCUT2D eigenvalue weighted by molar-refractivity contribution is 0.415. The highest BCUT2D eigenvalue weighted by molar-refractivity contribution is 7.89. The van der Waals surface area contributed by atoms with E-state index in [4.69, 9.17) is 16.3 Å². The van der Waals surface area contributed by atoms with E-state index in [1.165, 1.54) is 18.3 Å². The van der Waals surface area contributed by atoms with E-state index in [1.807, 2.05) is 13.0 Å². The standard InChI is InChI=1S/C18H16ClN3O3S/c1-12-3-6-16(7-4-12)26(23,24)22-20-11-14-9-13-10-15(25-2)5-8-17(13)21-18(14)19/h3-11,22H,1-2H3. The van der Waals surface area contributed by atoms with Crippen molar-refractivity contribution in [1.82, 2.24) is 9.82 Å². The van der Waals surface area contributed by atoms with Crippen LogP contribution in [-0.4, -0.2) is 26.7 Å². The number of hydrazone groups is 1. The van der Waals surface area contributed by atoms with E-state index in [1.54, 1.807) is 37.4 Å². The number of rotatable bonds is 5. The minimum Gasteiger partial charge on any atom is -0.497 e. The van der Waals surface area contributed by atoms with Crippen molar-refractivity contribution in [2.75, 3.05) is 7.11 Å². The fourth-order valence-corrected chi connectivity index (χ4v) is 3.29. The summed E-state index contributed by atoms with van der Waals surface area (Å²) in [5.41, 5.74) is 2.16. The van der Waals surface area contributed by atoms with Crippen LogP contribution in [0.15, 0.2) is 58.5 Å². The maximum Gasteiger partial charge on any atom is 0.276 e. The van der Waals surface area contributed by atoms with Crippen molar-refractivity contribution in [1.29, 1.82) is 0 Å². The Morgan fingerprint density at radius 1 is 1.15 bits per heavy atom. The first-order valence-electron chi connectivity index (χ1n) is 7.65. The van der Waals surface area contributed by atoms with Crippen LogP contribution < -0.4 is 9.57 Å². The Bertz CT molecular complexity index is 1080. The smallest absolute Gasteiger partial charge is 0.276 e. The van der Waals surface area contributed by atoms with Gasteiger partial charge in [0.05, 0.1) is 23.7 Å². The highest BCUT2D eigenvalue weighted by Gasteiger charge is 2.12. The first-order chi connectivity index (χ1) is 12.4. The van der Waals surface area contributed by atoms with E-state index < -0.39 is 10.0 Å². The molecule has 0 aliphatic carbocycles. The van der Waals surface area contributed by atoms with Gasteiger partial charge in [-0.15, -0.1) is 0 Å². The summed E-state index contributed by atoms with van der Waals surface area (Å²) in [5.74, 6) is 0.685. The van der Waals surface area contributed by atoms with E-state index in [2.05, 4.69) is 14.9 Å². The number of hydrogen-bond donors (Lipinski definition) is 1. The number of aryl methyl sites for hydroxylation is 1. The van der Waals surface area contributed by atoms with Gasteiger partial charge in [-0.3, -0.25) is 0 Å². The summed E-state index contributed by atoms with van der Waals surface area (Å²) in [5, 5.41) is 4.83. The van der Waals surface area contributed by atoms with Crippen LogP contribution in [0.5, 0.6) is 5.75 Å². The van der Waals surface area contributed by atoms with Gasteiger partial charge in [-0.05, 0) is 43.3 Å². The molecule has 6 nitrogen and oxygen atoms in total. The molecule has 0 saturated carbocycles. The molecular weight excluding hydrogens is 374 g/mol. The number of pyridine rings is 1. The zero-order valence-corrected chi connectivity index (χ0v) is 15.7. The number of benzene rings is 2. The third kappa shape index (κ3) is 3.95. The van der Waals surface area contributed by atoms with E-state index >= 15 is 0 Å². The van der Waals surface area contributed by atoms with Crippen molar-refractivity contribution in [3.05, 3.63) is 64.8 Å². The second kappa shape index (κ2) is 7.31. The molecule has 0 bridgehead atoms. The van der Waals surface area contributed by atoms with Gasteiger partial charge < -0.3 is 4.74 Å². The Hall–Kier alpha value is -2.64. The maximum absolute atomic E-state index is 12.2. The summed E-state index contributed by atoms with van der Waals surface area (Å²) >= 11 is 6.15. The average molecular weight is 390 g/mol. The van der Waals surface area contributed by atoms with Crippen molar-refractivity contribution in [2.24, 2.45) is 5.10 Å². The second-order valence-corrected chi connectivity index (χ2v) is 7.61. The van der Waals surface area contributed by atoms with E-state index in [0.717, 1.165) is 10.9 Å². The van der Waals surface area contributed by atoms with Crippen molar-refractivity contribution >= 4 is 38.7 Å². The highest BCUT2D eigenvalue weighted by Crippen LogP contribution is 2.23. The van der Waals surface area contributed by atoms with Crippen LogP contribution in [0.2, 0.25) is 5.15 Å². The van der Waals surface area contributed by atoms with Crippen molar-refractivity contribution in [3.8, 4) is 5.75 Å². The second-order valence-electron chi connectivity index (χ2n) is 5.59. The minimum absolute atomic E-state index is 0.132. The largest absolute Gasteiger partial charge is 0.497 e. The predicted octanol–water partition coefficient (Wildman–Crippen LogP) is 3.52. The molecule has 0 atom stereocenters. The summed E-state index contributed by atoms with van der Waals surface area (Å²) in [7, 11) is -2.17. The molecule has 1 heterocycles. The Morgan fingerprint density at radius 2 is 1.88 bits per heavy atom. The molecule has 0 fully saturated rings. The molecule has 0 saturated heterocycles. The molecule has 1 N–H and O–H groups in total. The van der Waals surface area contributed by atoms with Crippen LogP contribution in [0.3, 0.4) is 0 Å². The molecule has 0 spiro atoms. The normalized spacial score (nSPS) is 11.8. The predicted molar refractivity (Wildman–Crippen MR) is 102 cm³/mol. The van der Waals surface area contributed by atoms with Crippen molar-refractivity contribution in [2.45, 2.75) is 11.8 Å². The van der Waals surface area contributed by atoms with Gasteiger partial charge >= 0.3 is 0 Å². The average Bonchev–Trinajstić information content (AvgIpc) is 2.62. The van der Waals surface area contributed by atoms with Crippen LogP contribution in [-0.2, 0) is 10.0 Å². The number of nitrogens with zero attached hydrogens (tertiary/aromatic N) is 2. The van der Waals surface area contributed by atoms with Crippen LogP contribution in [0.4, 0.5) is 0 Å². The molecule has 0 amide bonds. The van der Waals surface area contributed by atoms with Gasteiger partial charge in [0, 0.05) is 10.9 Å². The molecule has 134 valence electrons. The number of fused-ring (bicyclic) bond motifs is 1. The van der Waals surface area contributed by atoms with Crippen LogP contribution >= 0.6 is 11.6 Å². The molecule has 0 aliphatic heterocycles. The van der Waals surface area contributed by atoms with Crippen molar-refractivity contribution in [3.63, 3.8) is 0 Å². The number of aromatic nitrogens is 1. The Labute approximate surface area is 156 Å². The van der Waals surface area contributed by atoms with E-state index in [0.29, 0.717) is 16.8 Å². The summed E-state index contributed by atoms with van der Waals surface area (Å²) in [6, 6.07) is 13.6. The molecule has 26 heavy (non-hydrogen) atoms. The zero-order chi connectivity index (χ0) is 18.7. The fraction of sp³-hybridized carbons (Fsp3) is 0.111. The van der Waals surface area contributed by atoms with Gasteiger partial charge in [-0.2, -0.15) is 13.5 Å². The minimum atomic E-state index is -3.74. The van der Waals surface area contributed by atoms with Gasteiger partial charge in [0.1, 0.15) is 10.9 Å². The van der Waals surface area contributed by atoms with Gasteiger partial charge in [0.25, 0.3) is 10.0 Å². The number of nitrogens with one attached hydrogen (secondary N) is 1. The summed E-state index contributed by atoms with van der Waals surface area (Å²) < 4.78 is 29.6. The fourth-order valence-electron chi connectivity index (χ4n) is 2.30. The maximum atomic E-state index is 12.2. The van der Waals surface area contributed by atoms with E-state index in [9.17, 15) is 8.42 Å². The van der Waals surface area contributed by atoms with Crippen LogP contribution in [0.25, 0.3) is 10.9 Å². The summed E-state index contributed by atoms with van der Waals surface area (Å²) in [4.78, 5) is 6.58. The lowest BCUT2D eigenvalue weighted by Crippen LogP contribution is -2.18.